The summed E-state index contributed by atoms with van der Waals surface area (Å²) >= 11 is 0. The first-order valence-corrected chi connectivity index (χ1v) is 11.2. The molecule has 1 unspecified atom stereocenters. The summed E-state index contributed by atoms with van der Waals surface area (Å²) in [4.78, 5) is 44.6. The maximum absolute atomic E-state index is 13.2. The Balaban J connectivity index is 1.53. The molecule has 1 aliphatic heterocycles. The Morgan fingerprint density at radius 3 is 2.37 bits per heavy atom. The Bertz CT molecular complexity index is 1280. The van der Waals surface area contributed by atoms with Gasteiger partial charge in [-0.25, -0.2) is 9.38 Å². The highest BCUT2D eigenvalue weighted by molar-refractivity contribution is 6.20. The number of carbonyl (C=O) groups excluding carboxylic acids is 3. The summed E-state index contributed by atoms with van der Waals surface area (Å²) in [5.41, 5.74) is 3.46. The van der Waals surface area contributed by atoms with Gasteiger partial charge in [-0.3, -0.25) is 14.4 Å². The van der Waals surface area contributed by atoms with Gasteiger partial charge in [-0.1, -0.05) is 60.7 Å². The van der Waals surface area contributed by atoms with Crippen molar-refractivity contribution < 1.29 is 18.8 Å². The lowest BCUT2D eigenvalue weighted by molar-refractivity contribution is -0.130. The van der Waals surface area contributed by atoms with Gasteiger partial charge in [0.05, 0.1) is 17.8 Å². The molecule has 0 saturated carbocycles. The van der Waals surface area contributed by atoms with Crippen LogP contribution in [0.15, 0.2) is 83.9 Å². The van der Waals surface area contributed by atoms with E-state index >= 15 is 0 Å². The number of amides is 3. The maximum atomic E-state index is 13.2. The number of nitrogens with zero attached hydrogens (tertiary/aromatic N) is 2. The summed E-state index contributed by atoms with van der Waals surface area (Å²) in [7, 11) is 1.64. The number of carbonyl (C=O) groups is 3. The summed E-state index contributed by atoms with van der Waals surface area (Å²) in [6, 6.07) is 21.5. The van der Waals surface area contributed by atoms with Gasteiger partial charge >= 0.3 is 0 Å². The summed E-state index contributed by atoms with van der Waals surface area (Å²) in [5, 5.41) is 5.28. The predicted molar refractivity (Wildman–Crippen MR) is 132 cm³/mol. The highest BCUT2D eigenvalue weighted by atomic mass is 19.1. The average Bonchev–Trinajstić information content (AvgIpc) is 2.96. The molecule has 1 aliphatic rings. The van der Waals surface area contributed by atoms with Crippen LogP contribution in [0.2, 0.25) is 0 Å². The number of para-hydroxylation sites is 1. The van der Waals surface area contributed by atoms with E-state index in [1.54, 1.807) is 7.05 Å². The number of anilines is 1. The highest BCUT2D eigenvalue weighted by Gasteiger charge is 2.32. The lowest BCUT2D eigenvalue weighted by Crippen LogP contribution is -2.52. The minimum atomic E-state index is -1.17. The van der Waals surface area contributed by atoms with Gasteiger partial charge in [-0.05, 0) is 30.7 Å². The molecule has 2 atom stereocenters. The highest BCUT2D eigenvalue weighted by Crippen LogP contribution is 2.27. The minimum Gasteiger partial charge on any atom is -0.344 e. The third-order valence-electron chi connectivity index (χ3n) is 5.72. The number of benzene rings is 3. The van der Waals surface area contributed by atoms with E-state index in [1.807, 2.05) is 54.6 Å². The molecule has 8 heteroatoms. The van der Waals surface area contributed by atoms with Crippen LogP contribution >= 0.6 is 0 Å². The lowest BCUT2D eigenvalue weighted by atomic mass is 10.0. The molecule has 4 rings (SSSR count). The van der Waals surface area contributed by atoms with Crippen molar-refractivity contribution in [2.75, 3.05) is 11.9 Å². The quantitative estimate of drug-likeness (QED) is 0.578. The number of fused-ring (bicyclic) bond motifs is 1. The topological polar surface area (TPSA) is 90.9 Å². The van der Waals surface area contributed by atoms with Crippen molar-refractivity contribution in [3.8, 4) is 0 Å². The van der Waals surface area contributed by atoms with Crippen LogP contribution < -0.4 is 15.5 Å². The van der Waals surface area contributed by atoms with Crippen molar-refractivity contribution >= 4 is 29.1 Å². The van der Waals surface area contributed by atoms with E-state index in [0.29, 0.717) is 17.0 Å². The second kappa shape index (κ2) is 10.3. The molecule has 0 aliphatic carbocycles. The molecular formula is C27H25FN4O3. The van der Waals surface area contributed by atoms with Crippen LogP contribution in [0.3, 0.4) is 0 Å². The number of hydrogen-bond acceptors (Lipinski definition) is 4. The van der Waals surface area contributed by atoms with Gasteiger partial charge in [0.2, 0.25) is 18.0 Å². The summed E-state index contributed by atoms with van der Waals surface area (Å²) < 4.78 is 13.1. The zero-order valence-electron chi connectivity index (χ0n) is 19.4. The molecule has 0 spiro atoms. The van der Waals surface area contributed by atoms with E-state index in [1.165, 1.54) is 36.1 Å². The summed E-state index contributed by atoms with van der Waals surface area (Å²) in [5.74, 6) is -1.74. The number of nitrogens with one attached hydrogen (secondary N) is 2. The van der Waals surface area contributed by atoms with Crippen LogP contribution in [0.5, 0.6) is 0 Å². The molecule has 1 heterocycles. The Morgan fingerprint density at radius 2 is 1.66 bits per heavy atom. The van der Waals surface area contributed by atoms with E-state index in [0.717, 1.165) is 11.1 Å². The van der Waals surface area contributed by atoms with E-state index in [-0.39, 0.29) is 6.42 Å². The molecule has 3 amide bonds. The first kappa shape index (κ1) is 23.8. The third-order valence-corrected chi connectivity index (χ3v) is 5.72. The first-order valence-electron chi connectivity index (χ1n) is 11.2. The Morgan fingerprint density at radius 1 is 1.00 bits per heavy atom. The Labute approximate surface area is 202 Å². The molecule has 0 aromatic heterocycles. The lowest BCUT2D eigenvalue weighted by Gasteiger charge is -2.22. The number of aliphatic imine (C=N–C) groups is 1. The van der Waals surface area contributed by atoms with Crippen LogP contribution in [-0.2, 0) is 20.8 Å². The van der Waals surface area contributed by atoms with Gasteiger partial charge in [0.25, 0.3) is 5.91 Å². The molecule has 0 radical (unpaired) electrons. The van der Waals surface area contributed by atoms with Crippen molar-refractivity contribution in [3.05, 3.63) is 101 Å². The smallest absolute Gasteiger partial charge is 0.272 e. The molecule has 35 heavy (non-hydrogen) atoms. The fourth-order valence-electron chi connectivity index (χ4n) is 3.85. The van der Waals surface area contributed by atoms with Gasteiger partial charge in [0.15, 0.2) is 0 Å². The average molecular weight is 473 g/mol. The molecule has 3 aromatic carbocycles. The van der Waals surface area contributed by atoms with Crippen molar-refractivity contribution in [2.24, 2.45) is 4.99 Å². The van der Waals surface area contributed by atoms with Crippen LogP contribution in [-0.4, -0.2) is 42.7 Å². The molecular weight excluding hydrogens is 447 g/mol. The van der Waals surface area contributed by atoms with Gasteiger partial charge < -0.3 is 15.5 Å². The van der Waals surface area contributed by atoms with Crippen LogP contribution in [0.1, 0.15) is 23.6 Å². The zero-order valence-corrected chi connectivity index (χ0v) is 19.4. The van der Waals surface area contributed by atoms with E-state index in [9.17, 15) is 18.8 Å². The number of hydrogen-bond donors (Lipinski definition) is 2. The van der Waals surface area contributed by atoms with Crippen LogP contribution in [0.25, 0.3) is 0 Å². The fraction of sp³-hybridized carbons (Fsp3) is 0.185. The van der Waals surface area contributed by atoms with Crippen LogP contribution in [0.4, 0.5) is 10.1 Å². The predicted octanol–water partition coefficient (Wildman–Crippen LogP) is 2.83. The summed E-state index contributed by atoms with van der Waals surface area (Å²) in [6.07, 6.45) is -1.18. The third kappa shape index (κ3) is 5.43. The molecule has 3 aromatic rings. The molecule has 7 nitrogen and oxygen atoms in total. The SMILES string of the molecule is CC(NC(=O)Cc1ccc(F)cc1)C(=O)N[C@H]1N=C(c2ccccc2)c2ccccc2N(C)C1=O. The number of rotatable bonds is 6. The second-order valence-electron chi connectivity index (χ2n) is 8.26. The van der Waals surface area contributed by atoms with Crippen molar-refractivity contribution in [3.63, 3.8) is 0 Å². The standard InChI is InChI=1S/C27H25FN4O3/c1-17(29-23(33)16-18-12-14-20(28)15-13-18)26(34)31-25-27(35)32(2)22-11-7-6-10-21(22)24(30-25)19-8-4-3-5-9-19/h3-15,17,25H,16H2,1-2H3,(H,29,33)(H,31,34)/t17?,25-/m1/s1. The number of likely N-dealkylation sites (N-methyl/N-ethyl adjacent to an activating group) is 1. The molecule has 2 N–H and O–H groups in total. The van der Waals surface area contributed by atoms with Gasteiger partial charge in [-0.2, -0.15) is 0 Å². The van der Waals surface area contributed by atoms with Gasteiger partial charge in [0, 0.05) is 18.2 Å². The normalized spacial score (nSPS) is 16.0. The Kier molecular flexibility index (Phi) is 7.01. The molecule has 0 saturated heterocycles. The fourth-order valence-corrected chi connectivity index (χ4v) is 3.85. The van der Waals surface area contributed by atoms with Crippen molar-refractivity contribution in [1.29, 1.82) is 0 Å². The second-order valence-corrected chi connectivity index (χ2v) is 8.26. The van der Waals surface area contributed by atoms with Crippen molar-refractivity contribution in [2.45, 2.75) is 25.6 Å². The molecule has 178 valence electrons. The molecule has 0 fully saturated rings. The van der Waals surface area contributed by atoms with E-state index < -0.39 is 35.7 Å². The van der Waals surface area contributed by atoms with Crippen LogP contribution in [0, 0.1) is 5.82 Å². The first-order chi connectivity index (χ1) is 16.8. The minimum absolute atomic E-state index is 0.00534. The van der Waals surface area contributed by atoms with Gasteiger partial charge in [-0.15, -0.1) is 0 Å². The zero-order chi connectivity index (χ0) is 24.9. The van der Waals surface area contributed by atoms with E-state index in [2.05, 4.69) is 15.6 Å². The maximum Gasteiger partial charge on any atom is 0.272 e. The Hall–Kier alpha value is -4.33. The summed E-state index contributed by atoms with van der Waals surface area (Å²) in [6.45, 7) is 1.53. The largest absolute Gasteiger partial charge is 0.344 e. The van der Waals surface area contributed by atoms with Gasteiger partial charge in [0.1, 0.15) is 11.9 Å². The number of benzodiazepines with no additional fused rings is 1. The number of halogens is 1. The molecule has 0 bridgehead atoms. The van der Waals surface area contributed by atoms with Crippen molar-refractivity contribution in [1.82, 2.24) is 10.6 Å². The monoisotopic (exact) mass is 472 g/mol. The van der Waals surface area contributed by atoms with E-state index in [4.69, 9.17) is 0 Å².